The molecule has 0 aromatic carbocycles. The fourth-order valence-electron chi connectivity index (χ4n) is 1.45. The number of thiophene rings is 2. The Labute approximate surface area is 103 Å². The minimum absolute atomic E-state index is 0.512. The average Bonchev–Trinajstić information content (AvgIpc) is 2.86. The van der Waals surface area contributed by atoms with Crippen molar-refractivity contribution in [3.8, 4) is 0 Å². The second kappa shape index (κ2) is 4.88. The van der Waals surface area contributed by atoms with Crippen LogP contribution in [0.25, 0.3) is 0 Å². The van der Waals surface area contributed by atoms with Crippen LogP contribution in [0.2, 0.25) is 0 Å². The van der Waals surface area contributed by atoms with Crippen molar-refractivity contribution in [2.45, 2.75) is 12.8 Å². The molecule has 0 amide bonds. The number of thiocarbonyl (C=S) groups is 1. The Balaban J connectivity index is 2.05. The molecule has 0 aliphatic rings. The van der Waals surface area contributed by atoms with E-state index in [1.54, 1.807) is 22.7 Å². The highest BCUT2D eigenvalue weighted by atomic mass is 32.1. The Hall–Kier alpha value is -0.710. The Morgan fingerprint density at radius 1 is 1.20 bits per heavy atom. The molecule has 15 heavy (non-hydrogen) atoms. The first-order chi connectivity index (χ1) is 7.27. The SMILES string of the molecule is NC(=S)c1ccsc1CCc1cccs1. The van der Waals surface area contributed by atoms with Gasteiger partial charge in [-0.15, -0.1) is 22.7 Å². The Morgan fingerprint density at radius 3 is 2.73 bits per heavy atom. The molecule has 1 nitrogen and oxygen atoms in total. The number of rotatable bonds is 4. The lowest BCUT2D eigenvalue weighted by atomic mass is 10.1. The molecule has 2 heterocycles. The van der Waals surface area contributed by atoms with Crippen molar-refractivity contribution < 1.29 is 0 Å². The van der Waals surface area contributed by atoms with E-state index in [1.165, 1.54) is 9.75 Å². The summed E-state index contributed by atoms with van der Waals surface area (Å²) in [5, 5.41) is 4.16. The molecule has 0 atom stereocenters. The van der Waals surface area contributed by atoms with Gasteiger partial charge in [-0.1, -0.05) is 18.3 Å². The van der Waals surface area contributed by atoms with Gasteiger partial charge in [0.15, 0.2) is 0 Å². The first kappa shape index (κ1) is 10.8. The van der Waals surface area contributed by atoms with Crippen LogP contribution in [0.4, 0.5) is 0 Å². The zero-order valence-electron chi connectivity index (χ0n) is 8.10. The predicted octanol–water partition coefficient (Wildman–Crippen LogP) is 3.23. The van der Waals surface area contributed by atoms with E-state index in [0.717, 1.165) is 18.4 Å². The van der Waals surface area contributed by atoms with Gasteiger partial charge in [-0.05, 0) is 35.7 Å². The summed E-state index contributed by atoms with van der Waals surface area (Å²) < 4.78 is 0. The van der Waals surface area contributed by atoms with Crippen LogP contribution in [0.5, 0.6) is 0 Å². The highest BCUT2D eigenvalue weighted by molar-refractivity contribution is 7.80. The van der Waals surface area contributed by atoms with Crippen LogP contribution < -0.4 is 5.73 Å². The molecule has 0 spiro atoms. The van der Waals surface area contributed by atoms with Crippen LogP contribution in [0, 0.1) is 0 Å². The van der Waals surface area contributed by atoms with Crippen molar-refractivity contribution in [3.63, 3.8) is 0 Å². The Morgan fingerprint density at radius 2 is 2.07 bits per heavy atom. The Kier molecular flexibility index (Phi) is 3.51. The van der Waals surface area contributed by atoms with Crippen molar-refractivity contribution >= 4 is 39.9 Å². The molecule has 0 aliphatic heterocycles. The molecule has 0 unspecified atom stereocenters. The van der Waals surface area contributed by atoms with Gasteiger partial charge in [-0.3, -0.25) is 0 Å². The van der Waals surface area contributed by atoms with Gasteiger partial charge in [0.1, 0.15) is 4.99 Å². The molecule has 4 heteroatoms. The summed E-state index contributed by atoms with van der Waals surface area (Å²) in [5.41, 5.74) is 6.70. The lowest BCUT2D eigenvalue weighted by Gasteiger charge is -2.00. The van der Waals surface area contributed by atoms with E-state index in [0.29, 0.717) is 4.99 Å². The van der Waals surface area contributed by atoms with Crippen molar-refractivity contribution in [2.75, 3.05) is 0 Å². The van der Waals surface area contributed by atoms with Crippen LogP contribution in [0.1, 0.15) is 15.3 Å². The molecular formula is C11H11NS3. The zero-order valence-corrected chi connectivity index (χ0v) is 10.6. The third-order valence-corrected chi connectivity index (χ3v) is 4.33. The van der Waals surface area contributed by atoms with Gasteiger partial charge in [0, 0.05) is 15.3 Å². The standard InChI is InChI=1S/C11H11NS3/c12-11(13)9-5-7-15-10(9)4-3-8-2-1-6-14-8/h1-2,5-7H,3-4H2,(H2,12,13). The fourth-order valence-corrected chi connectivity index (χ4v) is 3.30. The summed E-state index contributed by atoms with van der Waals surface area (Å²) in [6.45, 7) is 0. The quantitative estimate of drug-likeness (QED) is 0.847. The summed E-state index contributed by atoms with van der Waals surface area (Å²) in [6.07, 6.45) is 2.11. The topological polar surface area (TPSA) is 26.0 Å². The zero-order chi connectivity index (χ0) is 10.7. The summed E-state index contributed by atoms with van der Waals surface area (Å²) in [6, 6.07) is 6.26. The van der Waals surface area contributed by atoms with Crippen molar-refractivity contribution in [1.82, 2.24) is 0 Å². The molecule has 0 saturated heterocycles. The van der Waals surface area contributed by atoms with Crippen molar-refractivity contribution in [1.29, 1.82) is 0 Å². The van der Waals surface area contributed by atoms with Crippen LogP contribution in [0.3, 0.4) is 0 Å². The van der Waals surface area contributed by atoms with Crippen molar-refractivity contribution in [2.24, 2.45) is 5.73 Å². The maximum atomic E-state index is 5.65. The number of aryl methyl sites for hydroxylation is 2. The maximum absolute atomic E-state index is 5.65. The second-order valence-corrected chi connectivity index (χ2v) is 5.67. The minimum atomic E-state index is 0.512. The van der Waals surface area contributed by atoms with Gasteiger partial charge >= 0.3 is 0 Å². The minimum Gasteiger partial charge on any atom is -0.389 e. The van der Waals surface area contributed by atoms with E-state index in [9.17, 15) is 0 Å². The molecule has 0 bridgehead atoms. The number of hydrogen-bond donors (Lipinski definition) is 1. The third kappa shape index (κ3) is 2.65. The molecule has 0 saturated carbocycles. The highest BCUT2D eigenvalue weighted by Gasteiger charge is 2.06. The van der Waals surface area contributed by atoms with Gasteiger partial charge in [-0.2, -0.15) is 0 Å². The lowest BCUT2D eigenvalue weighted by molar-refractivity contribution is 1.00. The first-order valence-corrected chi connectivity index (χ1v) is 6.82. The van der Waals surface area contributed by atoms with Crippen LogP contribution in [0.15, 0.2) is 29.0 Å². The second-order valence-electron chi connectivity index (χ2n) is 3.20. The van der Waals surface area contributed by atoms with Gasteiger partial charge in [-0.25, -0.2) is 0 Å². The molecule has 0 fully saturated rings. The fraction of sp³-hybridized carbons (Fsp3) is 0.182. The van der Waals surface area contributed by atoms with E-state index in [-0.39, 0.29) is 0 Å². The van der Waals surface area contributed by atoms with E-state index < -0.39 is 0 Å². The van der Waals surface area contributed by atoms with Crippen molar-refractivity contribution in [3.05, 3.63) is 44.3 Å². The summed E-state index contributed by atoms with van der Waals surface area (Å²) >= 11 is 8.54. The molecular weight excluding hydrogens is 242 g/mol. The number of hydrogen-bond acceptors (Lipinski definition) is 3. The summed E-state index contributed by atoms with van der Waals surface area (Å²) in [5.74, 6) is 0. The van der Waals surface area contributed by atoms with E-state index >= 15 is 0 Å². The average molecular weight is 253 g/mol. The molecule has 2 rings (SSSR count). The van der Waals surface area contributed by atoms with Gasteiger partial charge in [0.25, 0.3) is 0 Å². The largest absolute Gasteiger partial charge is 0.389 e. The van der Waals surface area contributed by atoms with Crippen LogP contribution >= 0.6 is 34.9 Å². The highest BCUT2D eigenvalue weighted by Crippen LogP contribution is 2.20. The van der Waals surface area contributed by atoms with Crippen LogP contribution in [-0.2, 0) is 12.8 Å². The summed E-state index contributed by atoms with van der Waals surface area (Å²) in [4.78, 5) is 3.23. The van der Waals surface area contributed by atoms with E-state index in [4.69, 9.17) is 18.0 Å². The maximum Gasteiger partial charge on any atom is 0.105 e. The number of nitrogens with two attached hydrogens (primary N) is 1. The van der Waals surface area contributed by atoms with E-state index in [2.05, 4.69) is 22.9 Å². The Bertz CT molecular complexity index is 442. The van der Waals surface area contributed by atoms with Crippen LogP contribution in [-0.4, -0.2) is 4.99 Å². The van der Waals surface area contributed by atoms with Gasteiger partial charge < -0.3 is 5.73 Å². The third-order valence-electron chi connectivity index (χ3n) is 2.19. The predicted molar refractivity (Wildman–Crippen MR) is 71.9 cm³/mol. The van der Waals surface area contributed by atoms with E-state index in [1.807, 2.05) is 6.07 Å². The molecule has 2 N–H and O–H groups in total. The molecule has 0 radical (unpaired) electrons. The first-order valence-electron chi connectivity index (χ1n) is 4.66. The smallest absolute Gasteiger partial charge is 0.105 e. The van der Waals surface area contributed by atoms with Gasteiger partial charge in [0.05, 0.1) is 0 Å². The molecule has 78 valence electrons. The normalized spacial score (nSPS) is 10.4. The van der Waals surface area contributed by atoms with Gasteiger partial charge in [0.2, 0.25) is 0 Å². The molecule has 2 aromatic heterocycles. The summed E-state index contributed by atoms with van der Waals surface area (Å²) in [7, 11) is 0. The molecule has 2 aromatic rings. The monoisotopic (exact) mass is 253 g/mol. The lowest BCUT2D eigenvalue weighted by Crippen LogP contribution is -2.10. The molecule has 0 aliphatic carbocycles.